The summed E-state index contributed by atoms with van der Waals surface area (Å²) in [6.07, 6.45) is 4.25. The first-order valence-electron chi connectivity index (χ1n) is 9.53. The lowest BCUT2D eigenvalue weighted by molar-refractivity contribution is 0.965. The van der Waals surface area contributed by atoms with Crippen LogP contribution in [0.4, 0.5) is 5.69 Å². The standard InChI is InChI=1S/C25H25N3/c1-18-16-20(19(2)28(18)23-8-6-5-7-9-23)10-12-22-13-11-21-17-24(27(3)4)14-15-25(21)26-22/h5-17H,1-4H3/b12-10+. The molecule has 140 valence electrons. The van der Waals surface area contributed by atoms with Crippen LogP contribution in [0, 0.1) is 13.8 Å². The molecule has 0 fully saturated rings. The Hall–Kier alpha value is -3.33. The van der Waals surface area contributed by atoms with E-state index in [0.29, 0.717) is 0 Å². The van der Waals surface area contributed by atoms with Gasteiger partial charge in [-0.1, -0.05) is 30.3 Å². The zero-order chi connectivity index (χ0) is 19.7. The number of rotatable bonds is 4. The number of aryl methyl sites for hydroxylation is 1. The Morgan fingerprint density at radius 1 is 0.857 bits per heavy atom. The maximum atomic E-state index is 4.80. The van der Waals surface area contributed by atoms with E-state index in [9.17, 15) is 0 Å². The Balaban J connectivity index is 1.65. The van der Waals surface area contributed by atoms with E-state index in [2.05, 4.69) is 110 Å². The molecular formula is C25H25N3. The Kier molecular flexibility index (Phi) is 4.74. The van der Waals surface area contributed by atoms with Crippen LogP contribution in [0.5, 0.6) is 0 Å². The van der Waals surface area contributed by atoms with Crippen LogP contribution < -0.4 is 4.90 Å². The van der Waals surface area contributed by atoms with Crippen LogP contribution in [0.25, 0.3) is 28.7 Å². The van der Waals surface area contributed by atoms with Gasteiger partial charge in [-0.05, 0) is 68.0 Å². The smallest absolute Gasteiger partial charge is 0.0710 e. The van der Waals surface area contributed by atoms with Gasteiger partial charge >= 0.3 is 0 Å². The van der Waals surface area contributed by atoms with Gasteiger partial charge in [0.2, 0.25) is 0 Å². The van der Waals surface area contributed by atoms with Crippen molar-refractivity contribution in [2.24, 2.45) is 0 Å². The molecule has 0 atom stereocenters. The lowest BCUT2D eigenvalue weighted by Crippen LogP contribution is -2.08. The first-order valence-corrected chi connectivity index (χ1v) is 9.53. The molecule has 2 aromatic heterocycles. The molecule has 0 radical (unpaired) electrons. The van der Waals surface area contributed by atoms with E-state index in [1.165, 1.54) is 28.3 Å². The summed E-state index contributed by atoms with van der Waals surface area (Å²) in [5.41, 5.74) is 8.04. The van der Waals surface area contributed by atoms with E-state index in [-0.39, 0.29) is 0 Å². The monoisotopic (exact) mass is 367 g/mol. The molecule has 4 rings (SSSR count). The molecule has 0 saturated heterocycles. The number of nitrogens with zero attached hydrogens (tertiary/aromatic N) is 3. The third kappa shape index (κ3) is 3.44. The summed E-state index contributed by atoms with van der Waals surface area (Å²) in [6, 6.07) is 23.3. The SMILES string of the molecule is Cc1cc(/C=C/c2ccc3cc(N(C)C)ccc3n2)c(C)n1-c1ccccc1. The molecule has 3 heteroatoms. The molecule has 2 aromatic carbocycles. The zero-order valence-electron chi connectivity index (χ0n) is 16.8. The van der Waals surface area contributed by atoms with Gasteiger partial charge in [-0.15, -0.1) is 0 Å². The molecule has 0 unspecified atom stereocenters. The second-order valence-electron chi connectivity index (χ2n) is 7.34. The Morgan fingerprint density at radius 3 is 2.39 bits per heavy atom. The molecule has 4 aromatic rings. The molecule has 0 aliphatic rings. The van der Waals surface area contributed by atoms with Gasteiger partial charge in [0.05, 0.1) is 11.2 Å². The highest BCUT2D eigenvalue weighted by Crippen LogP contribution is 2.23. The van der Waals surface area contributed by atoms with Crippen molar-refractivity contribution in [1.82, 2.24) is 9.55 Å². The third-order valence-corrected chi connectivity index (χ3v) is 5.13. The van der Waals surface area contributed by atoms with E-state index in [1.54, 1.807) is 0 Å². The van der Waals surface area contributed by atoms with Crippen LogP contribution in [0.1, 0.15) is 22.6 Å². The van der Waals surface area contributed by atoms with Crippen LogP contribution in [0.15, 0.2) is 66.7 Å². The van der Waals surface area contributed by atoms with Crippen LogP contribution >= 0.6 is 0 Å². The predicted molar refractivity (Wildman–Crippen MR) is 120 cm³/mol. The van der Waals surface area contributed by atoms with Crippen LogP contribution in [0.3, 0.4) is 0 Å². The quantitative estimate of drug-likeness (QED) is 0.449. The number of aromatic nitrogens is 2. The van der Waals surface area contributed by atoms with E-state index < -0.39 is 0 Å². The molecule has 2 heterocycles. The first-order chi connectivity index (χ1) is 13.5. The number of anilines is 1. The lowest BCUT2D eigenvalue weighted by Gasteiger charge is -2.12. The molecule has 3 nitrogen and oxygen atoms in total. The van der Waals surface area contributed by atoms with E-state index in [0.717, 1.165) is 16.6 Å². The van der Waals surface area contributed by atoms with Gasteiger partial charge in [0.15, 0.2) is 0 Å². The fraction of sp³-hybridized carbons (Fsp3) is 0.160. The van der Waals surface area contributed by atoms with Gasteiger partial charge < -0.3 is 9.47 Å². The van der Waals surface area contributed by atoms with Crippen LogP contribution in [-0.2, 0) is 0 Å². The normalized spacial score (nSPS) is 11.4. The van der Waals surface area contributed by atoms with Crippen LogP contribution in [-0.4, -0.2) is 23.6 Å². The molecule has 0 saturated carbocycles. The number of pyridine rings is 1. The molecule has 0 aliphatic carbocycles. The van der Waals surface area contributed by atoms with Gasteiger partial charge in [0, 0.05) is 42.2 Å². The molecule has 0 aliphatic heterocycles. The summed E-state index contributed by atoms with van der Waals surface area (Å²) < 4.78 is 2.29. The minimum atomic E-state index is 0.967. The van der Waals surface area contributed by atoms with Crippen molar-refractivity contribution >= 4 is 28.7 Å². The highest BCUT2D eigenvalue weighted by molar-refractivity contribution is 5.84. The number of benzene rings is 2. The largest absolute Gasteiger partial charge is 0.378 e. The molecule has 0 N–H and O–H groups in total. The topological polar surface area (TPSA) is 21.1 Å². The molecular weight excluding hydrogens is 342 g/mol. The lowest BCUT2D eigenvalue weighted by atomic mass is 10.1. The summed E-state index contributed by atoms with van der Waals surface area (Å²) in [6.45, 7) is 4.31. The number of para-hydroxylation sites is 1. The molecule has 0 amide bonds. The van der Waals surface area contributed by atoms with Gasteiger partial charge in [-0.2, -0.15) is 0 Å². The molecule has 0 bridgehead atoms. The Bertz CT molecular complexity index is 1150. The Morgan fingerprint density at radius 2 is 1.64 bits per heavy atom. The third-order valence-electron chi connectivity index (χ3n) is 5.13. The van der Waals surface area contributed by atoms with Crippen molar-refractivity contribution in [3.05, 3.63) is 89.4 Å². The van der Waals surface area contributed by atoms with Crippen molar-refractivity contribution in [1.29, 1.82) is 0 Å². The van der Waals surface area contributed by atoms with Crippen molar-refractivity contribution in [3.63, 3.8) is 0 Å². The van der Waals surface area contributed by atoms with Gasteiger partial charge in [-0.3, -0.25) is 0 Å². The highest BCUT2D eigenvalue weighted by atomic mass is 15.1. The Labute approximate surface area is 166 Å². The predicted octanol–water partition coefficient (Wildman–Crippen LogP) is 5.88. The van der Waals surface area contributed by atoms with Gasteiger partial charge in [0.25, 0.3) is 0 Å². The fourth-order valence-electron chi connectivity index (χ4n) is 3.61. The van der Waals surface area contributed by atoms with Crippen molar-refractivity contribution in [2.75, 3.05) is 19.0 Å². The number of hydrogen-bond donors (Lipinski definition) is 0. The number of hydrogen-bond acceptors (Lipinski definition) is 2. The van der Waals surface area contributed by atoms with E-state index >= 15 is 0 Å². The van der Waals surface area contributed by atoms with E-state index in [4.69, 9.17) is 4.98 Å². The van der Waals surface area contributed by atoms with Crippen molar-refractivity contribution in [3.8, 4) is 5.69 Å². The summed E-state index contributed by atoms with van der Waals surface area (Å²) in [4.78, 5) is 6.90. The minimum Gasteiger partial charge on any atom is -0.378 e. The number of fused-ring (bicyclic) bond motifs is 1. The fourth-order valence-corrected chi connectivity index (χ4v) is 3.61. The second-order valence-corrected chi connectivity index (χ2v) is 7.34. The zero-order valence-corrected chi connectivity index (χ0v) is 16.8. The maximum absolute atomic E-state index is 4.80. The highest BCUT2D eigenvalue weighted by Gasteiger charge is 2.08. The van der Waals surface area contributed by atoms with E-state index in [1.807, 2.05) is 6.07 Å². The second kappa shape index (κ2) is 7.35. The summed E-state index contributed by atoms with van der Waals surface area (Å²) in [5.74, 6) is 0. The average Bonchev–Trinajstić information content (AvgIpc) is 2.99. The summed E-state index contributed by atoms with van der Waals surface area (Å²) >= 11 is 0. The van der Waals surface area contributed by atoms with Crippen molar-refractivity contribution in [2.45, 2.75) is 13.8 Å². The summed E-state index contributed by atoms with van der Waals surface area (Å²) in [5, 5.41) is 1.16. The minimum absolute atomic E-state index is 0.967. The molecule has 28 heavy (non-hydrogen) atoms. The van der Waals surface area contributed by atoms with Crippen molar-refractivity contribution < 1.29 is 0 Å². The van der Waals surface area contributed by atoms with Crippen LogP contribution in [0.2, 0.25) is 0 Å². The van der Waals surface area contributed by atoms with Gasteiger partial charge in [0.1, 0.15) is 0 Å². The first kappa shape index (κ1) is 18.1. The average molecular weight is 367 g/mol. The molecule has 0 spiro atoms. The summed E-state index contributed by atoms with van der Waals surface area (Å²) in [7, 11) is 4.11. The van der Waals surface area contributed by atoms with Gasteiger partial charge in [-0.25, -0.2) is 4.98 Å². The maximum Gasteiger partial charge on any atom is 0.0710 e.